The number of hydrogen-bond donors (Lipinski definition) is 1. The molecule has 2 rings (SSSR count). The number of rotatable bonds is 8. The number of aromatic nitrogens is 5. The van der Waals surface area contributed by atoms with Crippen molar-refractivity contribution in [2.75, 3.05) is 12.4 Å². The number of ether oxygens (including phenoxy) is 1. The molecule has 9 heteroatoms. The minimum absolute atomic E-state index is 0. The predicted molar refractivity (Wildman–Crippen MR) is 77.8 cm³/mol. The molecule has 2 aromatic heterocycles. The van der Waals surface area contributed by atoms with Crippen molar-refractivity contribution >= 4 is 16.9 Å². The van der Waals surface area contributed by atoms with Gasteiger partial charge in [0, 0.05) is 30.7 Å². The number of nitrogens with one attached hydrogen (secondary N) is 1. The van der Waals surface area contributed by atoms with Gasteiger partial charge in [0.15, 0.2) is 24.8 Å². The van der Waals surface area contributed by atoms with Gasteiger partial charge in [-0.25, -0.2) is 4.57 Å². The van der Waals surface area contributed by atoms with Gasteiger partial charge in [0.05, 0.1) is 0 Å². The van der Waals surface area contributed by atoms with E-state index in [1.807, 2.05) is 24.5 Å². The van der Waals surface area contributed by atoms with Crippen molar-refractivity contribution < 1.29 is 31.1 Å². The number of H-pyrrole nitrogens is 1. The van der Waals surface area contributed by atoms with Gasteiger partial charge in [0.2, 0.25) is 5.12 Å². The Bertz CT molecular complexity index is 550. The van der Waals surface area contributed by atoms with Gasteiger partial charge < -0.3 is 21.7 Å². The first kappa shape index (κ1) is 18.6. The molecule has 2 aromatic rings. The van der Waals surface area contributed by atoms with Gasteiger partial charge >= 0.3 is 0 Å². The third kappa shape index (κ3) is 6.52. The fraction of sp³-hybridized carbons (Fsp3) is 0.462. The Labute approximate surface area is 143 Å². The van der Waals surface area contributed by atoms with E-state index in [4.69, 9.17) is 4.74 Å². The smallest absolute Gasteiger partial charge is 0.226 e. The monoisotopic (exact) mass is 387 g/mol. The number of tetrazole rings is 1. The lowest BCUT2D eigenvalue weighted by Crippen LogP contribution is -3.00. The number of carbonyl (C=O) groups excluding carboxylic acids is 1. The molecule has 0 aromatic carbocycles. The van der Waals surface area contributed by atoms with Crippen molar-refractivity contribution in [3.63, 3.8) is 0 Å². The highest BCUT2D eigenvalue weighted by Crippen LogP contribution is 2.09. The van der Waals surface area contributed by atoms with E-state index in [0.717, 1.165) is 13.0 Å². The molecule has 1 N–H and O–H groups in total. The maximum absolute atomic E-state index is 11.7. The number of aromatic amines is 1. The van der Waals surface area contributed by atoms with Crippen molar-refractivity contribution in [3.8, 4) is 5.75 Å². The number of pyridine rings is 1. The lowest BCUT2D eigenvalue weighted by molar-refractivity contribution is -0.697. The first-order valence-electron chi connectivity index (χ1n) is 6.78. The Balaban J connectivity index is 0.00000242. The first-order chi connectivity index (χ1) is 10.3. The molecule has 0 aliphatic rings. The highest BCUT2D eigenvalue weighted by Gasteiger charge is 2.07. The number of aryl methyl sites for hydroxylation is 2. The Kier molecular flexibility index (Phi) is 8.68. The maximum atomic E-state index is 11.7. The van der Waals surface area contributed by atoms with Crippen molar-refractivity contribution in [2.24, 2.45) is 0 Å². The maximum Gasteiger partial charge on any atom is 0.226 e. The van der Waals surface area contributed by atoms with E-state index in [2.05, 4.69) is 32.1 Å². The van der Waals surface area contributed by atoms with Crippen LogP contribution in [-0.4, -0.2) is 38.1 Å². The van der Waals surface area contributed by atoms with Crippen LogP contribution in [-0.2, 0) is 17.8 Å². The third-order valence-corrected chi connectivity index (χ3v) is 3.53. The van der Waals surface area contributed by atoms with E-state index < -0.39 is 0 Å². The zero-order valence-electron chi connectivity index (χ0n) is 12.2. The fourth-order valence-electron chi connectivity index (χ4n) is 1.68. The van der Waals surface area contributed by atoms with Gasteiger partial charge in [-0.3, -0.25) is 4.79 Å². The highest BCUT2D eigenvalue weighted by atomic mass is 79.9. The molecule has 0 unspecified atom stereocenters. The summed E-state index contributed by atoms with van der Waals surface area (Å²) in [6.45, 7) is 3.17. The molecule has 7 nitrogen and oxygen atoms in total. The van der Waals surface area contributed by atoms with Crippen LogP contribution >= 0.6 is 11.8 Å². The Morgan fingerprint density at radius 1 is 1.41 bits per heavy atom. The predicted octanol–water partition coefficient (Wildman–Crippen LogP) is -2.22. The number of hydrogen-bond acceptors (Lipinski definition) is 6. The molecule has 22 heavy (non-hydrogen) atoms. The van der Waals surface area contributed by atoms with Gasteiger partial charge in [-0.1, -0.05) is 23.9 Å². The van der Waals surface area contributed by atoms with Crippen LogP contribution in [0.2, 0.25) is 0 Å². The second kappa shape index (κ2) is 10.3. The second-order valence-corrected chi connectivity index (χ2v) is 5.51. The van der Waals surface area contributed by atoms with Crippen LogP contribution in [0.3, 0.4) is 0 Å². The van der Waals surface area contributed by atoms with E-state index in [1.165, 1.54) is 11.8 Å². The van der Waals surface area contributed by atoms with Crippen LogP contribution in [0.25, 0.3) is 0 Å². The lowest BCUT2D eigenvalue weighted by atomic mass is 10.4. The van der Waals surface area contributed by atoms with Crippen molar-refractivity contribution in [2.45, 2.75) is 26.3 Å². The third-order valence-electron chi connectivity index (χ3n) is 2.68. The number of nitrogens with zero attached hydrogens (tertiary/aromatic N) is 4. The number of thioether (sulfide) groups is 1. The van der Waals surface area contributed by atoms with Gasteiger partial charge in [0.1, 0.15) is 12.3 Å². The summed E-state index contributed by atoms with van der Waals surface area (Å²) in [4.78, 5) is 11.7. The standard InChI is InChI=1S/C13H18N5O2S.BrH/c1-2-6-18-7-3-11(4-8-18)20-10-13(19)21-9-5-12-14-16-17-15-12;/h3-4,7-8H,2,5-6,9-10H2,1H3,(H,14,15,16,17);1H/q+1;/p-1. The molecule has 120 valence electrons. The normalized spacial score (nSPS) is 10.0. The molecule has 2 heterocycles. The van der Waals surface area contributed by atoms with Crippen LogP contribution in [0.4, 0.5) is 0 Å². The quantitative estimate of drug-likeness (QED) is 0.516. The molecular weight excluding hydrogens is 370 g/mol. The summed E-state index contributed by atoms with van der Waals surface area (Å²) in [5, 5.41) is 13.5. The molecule has 0 aliphatic carbocycles. The molecule has 0 saturated carbocycles. The van der Waals surface area contributed by atoms with Gasteiger partial charge in [-0.05, 0) is 0 Å². The molecule has 0 bridgehead atoms. The molecular formula is C13H18BrN5O2S. The fourth-order valence-corrected chi connectivity index (χ4v) is 2.33. The topological polar surface area (TPSA) is 84.6 Å². The van der Waals surface area contributed by atoms with E-state index in [1.54, 1.807) is 0 Å². The van der Waals surface area contributed by atoms with E-state index in [9.17, 15) is 4.79 Å². The molecule has 0 radical (unpaired) electrons. The van der Waals surface area contributed by atoms with Crippen LogP contribution in [0.15, 0.2) is 24.5 Å². The Morgan fingerprint density at radius 2 is 2.18 bits per heavy atom. The number of halogens is 1. The molecule has 0 amide bonds. The van der Waals surface area contributed by atoms with E-state index in [0.29, 0.717) is 23.7 Å². The summed E-state index contributed by atoms with van der Waals surface area (Å²) < 4.78 is 7.53. The summed E-state index contributed by atoms with van der Waals surface area (Å²) in [5.41, 5.74) is 0. The van der Waals surface area contributed by atoms with Gasteiger partial charge in [-0.2, -0.15) is 5.21 Å². The van der Waals surface area contributed by atoms with Crippen molar-refractivity contribution in [3.05, 3.63) is 30.4 Å². The number of carbonyl (C=O) groups is 1. The molecule has 0 aliphatic heterocycles. The molecule has 0 spiro atoms. The molecule has 0 atom stereocenters. The van der Waals surface area contributed by atoms with Crippen LogP contribution in [0, 0.1) is 0 Å². The van der Waals surface area contributed by atoms with Crippen LogP contribution in [0.5, 0.6) is 5.75 Å². The summed E-state index contributed by atoms with van der Waals surface area (Å²) in [7, 11) is 0. The SMILES string of the molecule is CCC[n+]1ccc(OCC(=O)SCCc2nn[nH]n2)cc1.[Br-]. The van der Waals surface area contributed by atoms with Crippen molar-refractivity contribution in [1.29, 1.82) is 0 Å². The zero-order valence-corrected chi connectivity index (χ0v) is 14.6. The summed E-state index contributed by atoms with van der Waals surface area (Å²) in [5.74, 6) is 1.93. The van der Waals surface area contributed by atoms with Gasteiger partial charge in [0.25, 0.3) is 0 Å². The lowest BCUT2D eigenvalue weighted by Gasteiger charge is -2.04. The average molecular weight is 388 g/mol. The van der Waals surface area contributed by atoms with E-state index in [-0.39, 0.29) is 28.7 Å². The molecule has 0 fully saturated rings. The average Bonchev–Trinajstić information content (AvgIpc) is 3.00. The second-order valence-electron chi connectivity index (χ2n) is 4.36. The van der Waals surface area contributed by atoms with Gasteiger partial charge in [-0.15, -0.1) is 10.2 Å². The summed E-state index contributed by atoms with van der Waals surface area (Å²) >= 11 is 1.21. The summed E-state index contributed by atoms with van der Waals surface area (Å²) in [6.07, 6.45) is 5.59. The van der Waals surface area contributed by atoms with E-state index >= 15 is 0 Å². The summed E-state index contributed by atoms with van der Waals surface area (Å²) in [6, 6.07) is 3.74. The Hall–Kier alpha value is -1.48. The van der Waals surface area contributed by atoms with Crippen LogP contribution < -0.4 is 26.3 Å². The van der Waals surface area contributed by atoms with Crippen LogP contribution in [0.1, 0.15) is 19.2 Å². The zero-order chi connectivity index (χ0) is 14.9. The largest absolute Gasteiger partial charge is 1.00 e. The Morgan fingerprint density at radius 3 is 2.82 bits per heavy atom. The minimum atomic E-state index is -0.0104. The highest BCUT2D eigenvalue weighted by molar-refractivity contribution is 8.13. The van der Waals surface area contributed by atoms with Crippen molar-refractivity contribution in [1.82, 2.24) is 20.6 Å². The molecule has 0 saturated heterocycles. The first-order valence-corrected chi connectivity index (χ1v) is 7.76. The minimum Gasteiger partial charge on any atom is -1.00 e.